The van der Waals surface area contributed by atoms with Crippen molar-refractivity contribution in [2.45, 2.75) is 63.9 Å². The molecule has 17 heavy (non-hydrogen) atoms. The molecule has 0 saturated carbocycles. The molecule has 0 aromatic heterocycles. The van der Waals surface area contributed by atoms with Crippen molar-refractivity contribution < 1.29 is 23.7 Å². The van der Waals surface area contributed by atoms with Gasteiger partial charge in [-0.1, -0.05) is 0 Å². The largest absolute Gasteiger partial charge is 0.348 e. The first-order valence-electron chi connectivity index (χ1n) is 6.03. The first kappa shape index (κ1) is 11.9. The van der Waals surface area contributed by atoms with Crippen LogP contribution in [0.5, 0.6) is 0 Å². The van der Waals surface area contributed by atoms with Gasteiger partial charge in [-0.3, -0.25) is 0 Å². The highest BCUT2D eigenvalue weighted by atomic mass is 16.8. The van der Waals surface area contributed by atoms with Gasteiger partial charge in [0.15, 0.2) is 17.9 Å². The average molecular weight is 243 g/mol. The molecular weight excluding hydrogens is 224 g/mol. The Kier molecular flexibility index (Phi) is 2.55. The molecule has 97 valence electrons. The fourth-order valence-corrected chi connectivity index (χ4v) is 2.47. The molecule has 4 unspecified atom stereocenters. The molecule has 0 aromatic carbocycles. The lowest BCUT2D eigenvalue weighted by atomic mass is 10.1. The molecule has 0 bridgehead atoms. The number of rotatable bonds is 1. The van der Waals surface area contributed by atoms with Crippen LogP contribution in [0.2, 0.25) is 0 Å². The lowest BCUT2D eigenvalue weighted by molar-refractivity contribution is -0.215. The Morgan fingerprint density at radius 3 is 2.29 bits per heavy atom. The molecule has 5 heteroatoms. The summed E-state index contributed by atoms with van der Waals surface area (Å²) in [5.41, 5.74) is 0. The first-order valence-corrected chi connectivity index (χ1v) is 6.03. The maximum atomic E-state index is 5.79. The van der Waals surface area contributed by atoms with Crippen LogP contribution in [0, 0.1) is 6.42 Å². The summed E-state index contributed by atoms with van der Waals surface area (Å²) < 4.78 is 28.4. The molecule has 3 aliphatic rings. The predicted octanol–water partition coefficient (Wildman–Crippen LogP) is 1.22. The van der Waals surface area contributed by atoms with Crippen LogP contribution in [0.3, 0.4) is 0 Å². The van der Waals surface area contributed by atoms with E-state index in [-0.39, 0.29) is 24.6 Å². The molecule has 1 radical (unpaired) electrons. The third kappa shape index (κ3) is 2.22. The quantitative estimate of drug-likeness (QED) is 0.693. The minimum absolute atomic E-state index is 0.0779. The normalized spacial score (nSPS) is 47.3. The molecule has 0 aromatic rings. The number of ether oxygens (including phenoxy) is 5. The van der Waals surface area contributed by atoms with E-state index in [1.165, 1.54) is 0 Å². The van der Waals surface area contributed by atoms with Gasteiger partial charge < -0.3 is 23.7 Å². The van der Waals surface area contributed by atoms with E-state index in [1.807, 2.05) is 34.1 Å². The zero-order chi connectivity index (χ0) is 12.3. The Balaban J connectivity index is 1.60. The molecule has 0 N–H and O–H groups in total. The predicted molar refractivity (Wildman–Crippen MR) is 57.9 cm³/mol. The van der Waals surface area contributed by atoms with Crippen LogP contribution in [0.4, 0.5) is 0 Å². The number of hydrogen-bond acceptors (Lipinski definition) is 5. The Hall–Kier alpha value is -0.200. The van der Waals surface area contributed by atoms with Crippen LogP contribution in [0.25, 0.3) is 0 Å². The highest BCUT2D eigenvalue weighted by molar-refractivity contribution is 5.03. The summed E-state index contributed by atoms with van der Waals surface area (Å²) in [7, 11) is 0. The van der Waals surface area contributed by atoms with Crippen molar-refractivity contribution in [1.29, 1.82) is 0 Å². The summed E-state index contributed by atoms with van der Waals surface area (Å²) in [6, 6.07) is 0. The summed E-state index contributed by atoms with van der Waals surface area (Å²) in [5, 5.41) is 0. The fourth-order valence-electron chi connectivity index (χ4n) is 2.47. The van der Waals surface area contributed by atoms with Crippen molar-refractivity contribution in [3.8, 4) is 0 Å². The van der Waals surface area contributed by atoms with E-state index in [9.17, 15) is 0 Å². The summed E-state index contributed by atoms with van der Waals surface area (Å²) in [6.07, 6.45) is 1.38. The van der Waals surface area contributed by atoms with Crippen LogP contribution < -0.4 is 0 Å². The van der Waals surface area contributed by atoms with E-state index >= 15 is 0 Å². The van der Waals surface area contributed by atoms with Crippen LogP contribution >= 0.6 is 0 Å². The minimum Gasteiger partial charge on any atom is -0.348 e. The lowest BCUT2D eigenvalue weighted by Gasteiger charge is -2.23. The minimum atomic E-state index is -0.566. The van der Waals surface area contributed by atoms with E-state index in [0.29, 0.717) is 6.61 Å². The van der Waals surface area contributed by atoms with Crippen molar-refractivity contribution in [2.75, 3.05) is 6.61 Å². The molecule has 3 rings (SSSR count). The van der Waals surface area contributed by atoms with Crippen molar-refractivity contribution in [3.63, 3.8) is 0 Å². The molecule has 0 amide bonds. The Bertz CT molecular complexity index is 298. The standard InChI is InChI=1S/C12H19O5/c1-11(2)13-6-9(16-11)7-5-8-10(14-7)17-12(3,4)15-8/h5,7-10H,6H2,1-4H3. The zero-order valence-corrected chi connectivity index (χ0v) is 10.6. The van der Waals surface area contributed by atoms with Gasteiger partial charge >= 0.3 is 0 Å². The second-order valence-electron chi connectivity index (χ2n) is 5.63. The van der Waals surface area contributed by atoms with Gasteiger partial charge in [0.2, 0.25) is 0 Å². The highest BCUT2D eigenvalue weighted by Crippen LogP contribution is 2.39. The third-order valence-electron chi connectivity index (χ3n) is 3.16. The summed E-state index contributed by atoms with van der Waals surface area (Å²) in [4.78, 5) is 0. The summed E-state index contributed by atoms with van der Waals surface area (Å²) in [5.74, 6) is -1.09. The van der Waals surface area contributed by atoms with Gasteiger partial charge in [0, 0.05) is 6.42 Å². The van der Waals surface area contributed by atoms with Crippen LogP contribution in [0.15, 0.2) is 0 Å². The average Bonchev–Trinajstić information content (AvgIpc) is 2.75. The topological polar surface area (TPSA) is 46.2 Å². The zero-order valence-electron chi connectivity index (χ0n) is 10.6. The SMILES string of the molecule is CC1(C)OCC(C2[CH]C3OC(C)(C)OC3O2)O1. The molecule has 0 spiro atoms. The molecule has 0 aliphatic carbocycles. The van der Waals surface area contributed by atoms with Crippen molar-refractivity contribution >= 4 is 0 Å². The third-order valence-corrected chi connectivity index (χ3v) is 3.16. The second kappa shape index (κ2) is 3.65. The maximum Gasteiger partial charge on any atom is 0.187 e. The van der Waals surface area contributed by atoms with E-state index in [1.54, 1.807) is 0 Å². The van der Waals surface area contributed by atoms with Crippen LogP contribution in [0.1, 0.15) is 27.7 Å². The van der Waals surface area contributed by atoms with Gasteiger partial charge in [0.1, 0.15) is 12.2 Å². The molecule has 4 atom stereocenters. The van der Waals surface area contributed by atoms with Gasteiger partial charge in [0.05, 0.1) is 12.7 Å². The van der Waals surface area contributed by atoms with Gasteiger partial charge in [-0.2, -0.15) is 0 Å². The second-order valence-corrected chi connectivity index (χ2v) is 5.63. The van der Waals surface area contributed by atoms with Crippen molar-refractivity contribution in [2.24, 2.45) is 0 Å². The number of fused-ring (bicyclic) bond motifs is 1. The molecule has 3 aliphatic heterocycles. The van der Waals surface area contributed by atoms with E-state index < -0.39 is 11.6 Å². The van der Waals surface area contributed by atoms with Crippen molar-refractivity contribution in [3.05, 3.63) is 6.42 Å². The van der Waals surface area contributed by atoms with E-state index in [2.05, 4.69) is 0 Å². The number of hydrogen-bond donors (Lipinski definition) is 0. The van der Waals surface area contributed by atoms with Gasteiger partial charge in [-0.05, 0) is 27.7 Å². The molecular formula is C12H19O5. The Labute approximate surface area is 101 Å². The van der Waals surface area contributed by atoms with Crippen molar-refractivity contribution in [1.82, 2.24) is 0 Å². The fraction of sp³-hybridized carbons (Fsp3) is 0.917. The molecule has 3 heterocycles. The summed E-state index contributed by atoms with van der Waals surface area (Å²) in [6.45, 7) is 8.11. The van der Waals surface area contributed by atoms with Gasteiger partial charge in [-0.15, -0.1) is 0 Å². The highest BCUT2D eigenvalue weighted by Gasteiger charge is 2.52. The van der Waals surface area contributed by atoms with Crippen LogP contribution in [-0.2, 0) is 23.7 Å². The first-order chi connectivity index (χ1) is 7.85. The molecule has 3 saturated heterocycles. The summed E-state index contributed by atoms with van der Waals surface area (Å²) >= 11 is 0. The Morgan fingerprint density at radius 1 is 0.941 bits per heavy atom. The monoisotopic (exact) mass is 243 g/mol. The van der Waals surface area contributed by atoms with Crippen LogP contribution in [-0.4, -0.2) is 42.8 Å². The smallest absolute Gasteiger partial charge is 0.187 e. The van der Waals surface area contributed by atoms with Gasteiger partial charge in [-0.25, -0.2) is 0 Å². The lowest BCUT2D eigenvalue weighted by Crippen LogP contribution is -2.33. The van der Waals surface area contributed by atoms with E-state index in [0.717, 1.165) is 0 Å². The maximum absolute atomic E-state index is 5.79. The molecule has 5 nitrogen and oxygen atoms in total. The molecule has 3 fully saturated rings. The Morgan fingerprint density at radius 2 is 1.71 bits per heavy atom. The van der Waals surface area contributed by atoms with E-state index in [4.69, 9.17) is 23.7 Å². The van der Waals surface area contributed by atoms with Gasteiger partial charge in [0.25, 0.3) is 0 Å².